The van der Waals surface area contributed by atoms with Crippen LogP contribution in [0.25, 0.3) is 0 Å². The average Bonchev–Trinajstić information content (AvgIpc) is 2.74. The fraction of sp³-hybridized carbons (Fsp3) is 0.364. The van der Waals surface area contributed by atoms with E-state index in [4.69, 9.17) is 4.74 Å². The molecule has 1 amide bonds. The number of benzene rings is 2. The Kier molecular flexibility index (Phi) is 8.96. The second-order valence-electron chi connectivity index (χ2n) is 6.86. The number of aldehydes is 1. The molecule has 0 saturated carbocycles. The highest BCUT2D eigenvalue weighted by Gasteiger charge is 2.19. The van der Waals surface area contributed by atoms with Crippen molar-refractivity contribution in [1.29, 1.82) is 0 Å². The topological polar surface area (TPSA) is 110 Å². The number of nitrogens with zero attached hydrogens (tertiary/aromatic N) is 2. The van der Waals surface area contributed by atoms with Gasteiger partial charge in [0.05, 0.1) is 11.5 Å². The van der Waals surface area contributed by atoms with Gasteiger partial charge in [-0.15, -0.1) is 0 Å². The lowest BCUT2D eigenvalue weighted by Crippen LogP contribution is -2.37. The Labute approximate surface area is 175 Å². The molecule has 1 atom stereocenters. The minimum atomic E-state index is -0.878. The van der Waals surface area contributed by atoms with E-state index in [0.29, 0.717) is 38.5 Å². The van der Waals surface area contributed by atoms with Crippen LogP contribution in [-0.4, -0.2) is 40.0 Å². The van der Waals surface area contributed by atoms with Crippen LogP contribution in [0.5, 0.6) is 5.75 Å². The molecule has 0 aromatic heterocycles. The summed E-state index contributed by atoms with van der Waals surface area (Å²) in [4.78, 5) is 35.4. The molecule has 8 heteroatoms. The highest BCUT2D eigenvalue weighted by Crippen LogP contribution is 2.26. The smallest absolute Gasteiger partial charge is 0.283 e. The van der Waals surface area contributed by atoms with Crippen LogP contribution >= 0.6 is 0 Å². The lowest BCUT2D eigenvalue weighted by atomic mass is 10.1. The van der Waals surface area contributed by atoms with E-state index in [2.05, 4.69) is 0 Å². The molecule has 2 aromatic rings. The first-order chi connectivity index (χ1) is 14.4. The van der Waals surface area contributed by atoms with Crippen LogP contribution < -0.4 is 4.74 Å². The first kappa shape index (κ1) is 23.0. The van der Waals surface area contributed by atoms with Gasteiger partial charge >= 0.3 is 0 Å². The normalized spacial score (nSPS) is 11.5. The molecule has 0 aliphatic rings. The van der Waals surface area contributed by atoms with E-state index >= 15 is 0 Å². The van der Waals surface area contributed by atoms with E-state index in [-0.39, 0.29) is 29.5 Å². The summed E-state index contributed by atoms with van der Waals surface area (Å²) in [7, 11) is 0. The van der Waals surface area contributed by atoms with Gasteiger partial charge in [-0.25, -0.2) is 0 Å². The summed E-state index contributed by atoms with van der Waals surface area (Å²) < 4.78 is 5.52. The highest BCUT2D eigenvalue weighted by molar-refractivity contribution is 5.85. The summed E-state index contributed by atoms with van der Waals surface area (Å²) in [6.07, 6.45) is 1.79. The van der Waals surface area contributed by atoms with E-state index in [0.717, 1.165) is 5.56 Å². The van der Waals surface area contributed by atoms with Crippen molar-refractivity contribution in [3.05, 3.63) is 69.8 Å². The minimum Gasteiger partial charge on any atom is -0.493 e. The zero-order valence-electron chi connectivity index (χ0n) is 16.9. The van der Waals surface area contributed by atoms with Crippen molar-refractivity contribution in [2.75, 3.05) is 6.61 Å². The van der Waals surface area contributed by atoms with Gasteiger partial charge in [0.2, 0.25) is 5.91 Å². The number of unbranched alkanes of at least 4 members (excludes halogenated alkanes) is 2. The van der Waals surface area contributed by atoms with Gasteiger partial charge in [0.1, 0.15) is 17.5 Å². The second-order valence-corrected chi connectivity index (χ2v) is 6.86. The molecule has 0 aliphatic carbocycles. The van der Waals surface area contributed by atoms with Gasteiger partial charge in [-0.2, -0.15) is 0 Å². The maximum Gasteiger partial charge on any atom is 0.283 e. The molecule has 1 N–H and O–H groups in total. The Bertz CT molecular complexity index is 854. The number of ether oxygens (including phenoxy) is 1. The Morgan fingerprint density at radius 2 is 1.90 bits per heavy atom. The van der Waals surface area contributed by atoms with Crippen LogP contribution in [0.4, 0.5) is 5.69 Å². The summed E-state index contributed by atoms with van der Waals surface area (Å²) >= 11 is 0. The van der Waals surface area contributed by atoms with Gasteiger partial charge < -0.3 is 14.7 Å². The first-order valence-corrected chi connectivity index (χ1v) is 9.81. The third-order valence-electron chi connectivity index (χ3n) is 4.62. The van der Waals surface area contributed by atoms with Crippen molar-refractivity contribution < 1.29 is 24.4 Å². The number of aliphatic hydroxyl groups excluding tert-OH is 1. The Morgan fingerprint density at radius 3 is 2.53 bits per heavy atom. The van der Waals surface area contributed by atoms with Crippen molar-refractivity contribution in [2.24, 2.45) is 0 Å². The Balaban J connectivity index is 1.77. The number of amides is 1. The van der Waals surface area contributed by atoms with Crippen molar-refractivity contribution in [3.63, 3.8) is 0 Å². The van der Waals surface area contributed by atoms with E-state index in [1.807, 2.05) is 30.3 Å². The van der Waals surface area contributed by atoms with Gasteiger partial charge in [-0.1, -0.05) is 36.4 Å². The summed E-state index contributed by atoms with van der Waals surface area (Å²) in [6.45, 7) is 2.19. The maximum atomic E-state index is 12.5. The lowest BCUT2D eigenvalue weighted by molar-refractivity contribution is -0.385. The van der Waals surface area contributed by atoms with Gasteiger partial charge in [0.25, 0.3) is 5.69 Å². The molecule has 2 aromatic carbocycles. The van der Waals surface area contributed by atoms with E-state index in [1.165, 1.54) is 23.1 Å². The lowest BCUT2D eigenvalue weighted by Gasteiger charge is -2.25. The van der Waals surface area contributed by atoms with Crippen LogP contribution in [0, 0.1) is 10.1 Å². The average molecular weight is 414 g/mol. The molecule has 0 radical (unpaired) electrons. The maximum absolute atomic E-state index is 12.5. The summed E-state index contributed by atoms with van der Waals surface area (Å²) in [5.41, 5.74) is 0.582. The molecule has 8 nitrogen and oxygen atoms in total. The number of carbonyl (C=O) groups excluding carboxylic acids is 2. The van der Waals surface area contributed by atoms with Gasteiger partial charge in [-0.3, -0.25) is 19.7 Å². The van der Waals surface area contributed by atoms with E-state index < -0.39 is 11.2 Å². The number of hydrogen-bond acceptors (Lipinski definition) is 6. The largest absolute Gasteiger partial charge is 0.493 e. The van der Waals surface area contributed by atoms with Crippen LogP contribution in [0.1, 0.15) is 48.5 Å². The van der Waals surface area contributed by atoms with Crippen LogP contribution in [0.2, 0.25) is 0 Å². The fourth-order valence-electron chi connectivity index (χ4n) is 3.03. The molecule has 0 aliphatic heterocycles. The van der Waals surface area contributed by atoms with Crippen LogP contribution in [-0.2, 0) is 11.3 Å². The van der Waals surface area contributed by atoms with Gasteiger partial charge in [0.15, 0.2) is 6.29 Å². The highest BCUT2D eigenvalue weighted by atomic mass is 16.6. The molecule has 0 heterocycles. The predicted octanol–water partition coefficient (Wildman–Crippen LogP) is 3.71. The fourth-order valence-corrected chi connectivity index (χ4v) is 3.03. The Hall–Kier alpha value is -3.26. The third-order valence-corrected chi connectivity index (χ3v) is 4.62. The third kappa shape index (κ3) is 6.66. The standard InChI is InChI=1S/C22H26N2O6/c1-17(26)23(15-18-9-4-2-5-10-18)22(27)13-6-3-7-14-30-21-12-8-11-20(24(28)29)19(21)16-25/h2,4-5,8-12,16-17,26H,3,6-7,13-15H2,1H3. The number of nitro benzene ring substituents is 1. The van der Waals surface area contributed by atoms with Crippen molar-refractivity contribution in [1.82, 2.24) is 4.90 Å². The minimum absolute atomic E-state index is 0.0776. The molecule has 2 rings (SSSR count). The number of nitro groups is 1. The molecular formula is C22H26N2O6. The summed E-state index contributed by atoms with van der Waals surface area (Å²) in [5, 5.41) is 20.9. The molecule has 160 valence electrons. The van der Waals surface area contributed by atoms with Gasteiger partial charge in [0, 0.05) is 19.0 Å². The number of rotatable bonds is 12. The van der Waals surface area contributed by atoms with Crippen molar-refractivity contribution in [2.45, 2.75) is 45.4 Å². The quantitative estimate of drug-likeness (QED) is 0.186. The zero-order chi connectivity index (χ0) is 21.9. The summed E-state index contributed by atoms with van der Waals surface area (Å²) in [6, 6.07) is 13.7. The second kappa shape index (κ2) is 11.7. The van der Waals surface area contributed by atoms with Crippen LogP contribution in [0.3, 0.4) is 0 Å². The van der Waals surface area contributed by atoms with Crippen molar-refractivity contribution >= 4 is 17.9 Å². The molecule has 0 saturated heterocycles. The molecule has 0 fully saturated rings. The zero-order valence-corrected chi connectivity index (χ0v) is 16.9. The monoisotopic (exact) mass is 414 g/mol. The molecular weight excluding hydrogens is 388 g/mol. The number of hydrogen-bond donors (Lipinski definition) is 1. The number of carbonyl (C=O) groups is 2. The van der Waals surface area contributed by atoms with E-state index in [9.17, 15) is 24.8 Å². The number of aliphatic hydroxyl groups is 1. The molecule has 0 spiro atoms. The SMILES string of the molecule is CC(O)N(Cc1ccccc1)C(=O)CCCCCOc1cccc([N+](=O)[O-])c1C=O. The van der Waals surface area contributed by atoms with Crippen molar-refractivity contribution in [3.8, 4) is 5.75 Å². The van der Waals surface area contributed by atoms with Crippen LogP contribution in [0.15, 0.2) is 48.5 Å². The molecule has 1 unspecified atom stereocenters. The first-order valence-electron chi connectivity index (χ1n) is 9.81. The van der Waals surface area contributed by atoms with E-state index in [1.54, 1.807) is 6.92 Å². The van der Waals surface area contributed by atoms with Gasteiger partial charge in [-0.05, 0) is 37.8 Å². The molecule has 30 heavy (non-hydrogen) atoms. The molecule has 0 bridgehead atoms. The summed E-state index contributed by atoms with van der Waals surface area (Å²) in [5.74, 6) is 0.0510. The Morgan fingerprint density at radius 1 is 1.17 bits per heavy atom. The predicted molar refractivity (Wildman–Crippen MR) is 111 cm³/mol.